The maximum absolute atomic E-state index is 4.88. The predicted octanol–water partition coefficient (Wildman–Crippen LogP) is 4.47. The molecule has 0 atom stereocenters. The summed E-state index contributed by atoms with van der Waals surface area (Å²) in [5.74, 6) is 1.77. The number of piperazine rings is 1. The van der Waals surface area contributed by atoms with Crippen molar-refractivity contribution in [1.29, 1.82) is 0 Å². The van der Waals surface area contributed by atoms with Gasteiger partial charge in [0, 0.05) is 51.2 Å². The van der Waals surface area contributed by atoms with Crippen LogP contribution in [0.4, 0.5) is 17.5 Å². The third-order valence-corrected chi connectivity index (χ3v) is 5.42. The predicted molar refractivity (Wildman–Crippen MR) is 125 cm³/mol. The molecule has 1 aromatic heterocycles. The molecule has 1 fully saturated rings. The van der Waals surface area contributed by atoms with Crippen LogP contribution in [0.5, 0.6) is 0 Å². The van der Waals surface area contributed by atoms with Crippen LogP contribution in [0, 0.1) is 0 Å². The second-order valence-electron chi connectivity index (χ2n) is 7.40. The molecule has 0 spiro atoms. The molecule has 1 aliphatic rings. The van der Waals surface area contributed by atoms with E-state index in [4.69, 9.17) is 4.98 Å². The van der Waals surface area contributed by atoms with Crippen molar-refractivity contribution in [3.8, 4) is 0 Å². The SMILES string of the molecule is CCN(c1ccccc1)c1ccnc(N2CCN(C/C=C/c3ccccc3)CC2)n1. The summed E-state index contributed by atoms with van der Waals surface area (Å²) >= 11 is 0. The normalized spacial score (nSPS) is 14.9. The molecule has 0 unspecified atom stereocenters. The standard InChI is InChI=1S/C25H29N5/c1-2-30(23-13-7-4-8-14-23)24-15-16-26-25(27-24)29-20-18-28(19-21-29)17-9-12-22-10-5-3-6-11-22/h3-16H,2,17-21H2,1H3/b12-9+. The summed E-state index contributed by atoms with van der Waals surface area (Å²) in [5.41, 5.74) is 2.40. The molecule has 3 aromatic rings. The molecule has 0 aliphatic carbocycles. The van der Waals surface area contributed by atoms with E-state index in [0.717, 1.165) is 56.7 Å². The van der Waals surface area contributed by atoms with Crippen LogP contribution in [-0.4, -0.2) is 54.1 Å². The van der Waals surface area contributed by atoms with Crippen molar-refractivity contribution in [3.63, 3.8) is 0 Å². The van der Waals surface area contributed by atoms with Crippen LogP contribution in [0.15, 0.2) is 79.0 Å². The Balaban J connectivity index is 1.36. The average molecular weight is 400 g/mol. The number of nitrogens with zero attached hydrogens (tertiary/aromatic N) is 5. The van der Waals surface area contributed by atoms with Gasteiger partial charge in [0.15, 0.2) is 0 Å². The highest BCUT2D eigenvalue weighted by Crippen LogP contribution is 2.24. The van der Waals surface area contributed by atoms with E-state index in [0.29, 0.717) is 0 Å². The van der Waals surface area contributed by atoms with Crippen LogP contribution >= 0.6 is 0 Å². The molecular weight excluding hydrogens is 370 g/mol. The summed E-state index contributed by atoms with van der Waals surface area (Å²) < 4.78 is 0. The van der Waals surface area contributed by atoms with E-state index in [9.17, 15) is 0 Å². The van der Waals surface area contributed by atoms with E-state index >= 15 is 0 Å². The summed E-state index contributed by atoms with van der Waals surface area (Å²) in [7, 11) is 0. The highest BCUT2D eigenvalue weighted by molar-refractivity contribution is 5.60. The molecule has 0 bridgehead atoms. The lowest BCUT2D eigenvalue weighted by Crippen LogP contribution is -2.47. The van der Waals surface area contributed by atoms with Crippen LogP contribution in [0.3, 0.4) is 0 Å². The third-order valence-electron chi connectivity index (χ3n) is 5.42. The Hall–Kier alpha value is -3.18. The fourth-order valence-corrected chi connectivity index (χ4v) is 3.76. The summed E-state index contributed by atoms with van der Waals surface area (Å²) in [5, 5.41) is 0. The zero-order valence-electron chi connectivity index (χ0n) is 17.6. The van der Waals surface area contributed by atoms with Gasteiger partial charge >= 0.3 is 0 Å². The number of anilines is 3. The van der Waals surface area contributed by atoms with Gasteiger partial charge in [0.1, 0.15) is 5.82 Å². The third kappa shape index (κ3) is 5.05. The number of hydrogen-bond acceptors (Lipinski definition) is 5. The maximum atomic E-state index is 4.88. The highest BCUT2D eigenvalue weighted by Gasteiger charge is 2.19. The van der Waals surface area contributed by atoms with Gasteiger partial charge in [0.05, 0.1) is 0 Å². The van der Waals surface area contributed by atoms with E-state index < -0.39 is 0 Å². The Labute approximate surface area is 179 Å². The lowest BCUT2D eigenvalue weighted by molar-refractivity contribution is 0.283. The van der Waals surface area contributed by atoms with Crippen molar-refractivity contribution < 1.29 is 0 Å². The smallest absolute Gasteiger partial charge is 0.227 e. The Kier molecular flexibility index (Phi) is 6.72. The minimum Gasteiger partial charge on any atom is -0.338 e. The molecule has 30 heavy (non-hydrogen) atoms. The van der Waals surface area contributed by atoms with Crippen molar-refractivity contribution in [3.05, 3.63) is 84.6 Å². The molecule has 2 aromatic carbocycles. The minimum atomic E-state index is 0.821. The maximum Gasteiger partial charge on any atom is 0.227 e. The number of para-hydroxylation sites is 1. The van der Waals surface area contributed by atoms with Gasteiger partial charge in [0.2, 0.25) is 5.95 Å². The van der Waals surface area contributed by atoms with Gasteiger partial charge in [-0.15, -0.1) is 0 Å². The lowest BCUT2D eigenvalue weighted by atomic mass is 10.2. The average Bonchev–Trinajstić information content (AvgIpc) is 2.82. The summed E-state index contributed by atoms with van der Waals surface area (Å²) in [6.45, 7) is 7.91. The van der Waals surface area contributed by atoms with Crippen LogP contribution in [-0.2, 0) is 0 Å². The molecular formula is C25H29N5. The molecule has 5 nitrogen and oxygen atoms in total. The summed E-state index contributed by atoms with van der Waals surface area (Å²) in [4.78, 5) is 16.4. The Morgan fingerprint density at radius 3 is 2.30 bits per heavy atom. The van der Waals surface area contributed by atoms with Crippen molar-refractivity contribution in [2.45, 2.75) is 6.92 Å². The van der Waals surface area contributed by atoms with Crippen molar-refractivity contribution in [2.75, 3.05) is 49.1 Å². The molecule has 0 N–H and O–H groups in total. The summed E-state index contributed by atoms with van der Waals surface area (Å²) in [6, 6.07) is 22.8. The van der Waals surface area contributed by atoms with Gasteiger partial charge in [-0.3, -0.25) is 4.90 Å². The van der Waals surface area contributed by atoms with E-state index in [1.807, 2.05) is 24.4 Å². The fraction of sp³-hybridized carbons (Fsp3) is 0.280. The van der Waals surface area contributed by atoms with E-state index in [-0.39, 0.29) is 0 Å². The number of benzene rings is 2. The molecule has 0 saturated carbocycles. The number of hydrogen-bond donors (Lipinski definition) is 0. The van der Waals surface area contributed by atoms with Crippen LogP contribution in [0.25, 0.3) is 6.08 Å². The molecule has 2 heterocycles. The Bertz CT molecular complexity index is 934. The van der Waals surface area contributed by atoms with Gasteiger partial charge in [-0.2, -0.15) is 4.98 Å². The molecule has 4 rings (SSSR count). The van der Waals surface area contributed by atoms with Gasteiger partial charge < -0.3 is 9.80 Å². The topological polar surface area (TPSA) is 35.5 Å². The first kappa shape index (κ1) is 20.1. The largest absolute Gasteiger partial charge is 0.338 e. The second-order valence-corrected chi connectivity index (χ2v) is 7.40. The number of aromatic nitrogens is 2. The Morgan fingerprint density at radius 2 is 1.60 bits per heavy atom. The quantitative estimate of drug-likeness (QED) is 0.586. The van der Waals surface area contributed by atoms with Crippen molar-refractivity contribution in [1.82, 2.24) is 14.9 Å². The van der Waals surface area contributed by atoms with Crippen molar-refractivity contribution in [2.24, 2.45) is 0 Å². The minimum absolute atomic E-state index is 0.821. The van der Waals surface area contributed by atoms with E-state index in [1.165, 1.54) is 5.56 Å². The molecule has 5 heteroatoms. The van der Waals surface area contributed by atoms with Crippen LogP contribution in [0.1, 0.15) is 12.5 Å². The van der Waals surface area contributed by atoms with Gasteiger partial charge in [-0.1, -0.05) is 60.7 Å². The van der Waals surface area contributed by atoms with Crippen LogP contribution in [0.2, 0.25) is 0 Å². The first-order valence-electron chi connectivity index (χ1n) is 10.7. The Morgan fingerprint density at radius 1 is 0.900 bits per heavy atom. The molecule has 1 aliphatic heterocycles. The monoisotopic (exact) mass is 399 g/mol. The number of rotatable bonds is 7. The highest BCUT2D eigenvalue weighted by atomic mass is 15.3. The second kappa shape index (κ2) is 10.0. The molecule has 0 radical (unpaired) electrons. The van der Waals surface area contributed by atoms with Crippen molar-refractivity contribution >= 4 is 23.5 Å². The zero-order valence-corrected chi connectivity index (χ0v) is 17.6. The van der Waals surface area contributed by atoms with Gasteiger partial charge in [-0.05, 0) is 30.7 Å². The first-order chi connectivity index (χ1) is 14.8. The molecule has 154 valence electrons. The van der Waals surface area contributed by atoms with Gasteiger partial charge in [0.25, 0.3) is 0 Å². The fourth-order valence-electron chi connectivity index (χ4n) is 3.76. The zero-order chi connectivity index (χ0) is 20.6. The van der Waals surface area contributed by atoms with Gasteiger partial charge in [-0.25, -0.2) is 4.98 Å². The molecule has 0 amide bonds. The van der Waals surface area contributed by atoms with E-state index in [1.54, 1.807) is 0 Å². The van der Waals surface area contributed by atoms with Crippen LogP contribution < -0.4 is 9.80 Å². The summed E-state index contributed by atoms with van der Waals surface area (Å²) in [6.07, 6.45) is 6.32. The molecule has 1 saturated heterocycles. The van der Waals surface area contributed by atoms with E-state index in [2.05, 4.69) is 87.3 Å². The first-order valence-corrected chi connectivity index (χ1v) is 10.7. The lowest BCUT2D eigenvalue weighted by Gasteiger charge is -2.34.